The molecule has 3 nitrogen and oxygen atoms in total. The molecule has 0 heterocycles. The Balaban J connectivity index is 2.97. The molecule has 2 N–H and O–H groups in total. The number of hydrogen-bond acceptors (Lipinski definition) is 3. The van der Waals surface area contributed by atoms with Crippen LogP contribution in [0.25, 0.3) is 0 Å². The van der Waals surface area contributed by atoms with Gasteiger partial charge in [-0.1, -0.05) is 11.6 Å². The van der Waals surface area contributed by atoms with E-state index in [4.69, 9.17) is 27.3 Å². The number of methoxy groups -OCH3 is 1. The number of halogens is 1. The van der Waals surface area contributed by atoms with E-state index in [1.165, 1.54) is 0 Å². The Hall–Kier alpha value is -1.24. The minimum Gasteiger partial charge on any atom is -0.497 e. The van der Waals surface area contributed by atoms with E-state index < -0.39 is 0 Å². The summed E-state index contributed by atoms with van der Waals surface area (Å²) in [6.45, 7) is 0. The Kier molecular flexibility index (Phi) is 3.75. The zero-order chi connectivity index (χ0) is 10.6. The van der Waals surface area contributed by atoms with Crippen molar-refractivity contribution in [2.24, 2.45) is 5.73 Å². The summed E-state index contributed by atoms with van der Waals surface area (Å²) >= 11 is 5.85. The molecular formula is C10H11ClN2O. The van der Waals surface area contributed by atoms with Crippen molar-refractivity contribution in [3.63, 3.8) is 0 Å². The van der Waals surface area contributed by atoms with Crippen LogP contribution in [0.5, 0.6) is 5.75 Å². The minimum absolute atomic E-state index is 0.267. The first-order chi connectivity index (χ1) is 6.67. The van der Waals surface area contributed by atoms with E-state index in [0.29, 0.717) is 10.8 Å². The van der Waals surface area contributed by atoms with Gasteiger partial charge < -0.3 is 10.5 Å². The fourth-order valence-electron chi connectivity index (χ4n) is 1.13. The predicted octanol–water partition coefficient (Wildman–Crippen LogP) is 2.26. The molecule has 1 atom stereocenters. The molecule has 1 rings (SSSR count). The van der Waals surface area contributed by atoms with Gasteiger partial charge in [-0.25, -0.2) is 0 Å². The fourth-order valence-corrected chi connectivity index (χ4v) is 1.37. The Bertz CT molecular complexity index is 360. The van der Waals surface area contributed by atoms with Crippen LogP contribution < -0.4 is 10.5 Å². The monoisotopic (exact) mass is 210 g/mol. The molecule has 0 unspecified atom stereocenters. The lowest BCUT2D eigenvalue weighted by Gasteiger charge is -2.10. The van der Waals surface area contributed by atoms with E-state index in [1.54, 1.807) is 25.3 Å². The van der Waals surface area contributed by atoms with Crippen molar-refractivity contribution < 1.29 is 4.74 Å². The fraction of sp³-hybridized carbons (Fsp3) is 0.300. The molecule has 0 aliphatic heterocycles. The highest BCUT2D eigenvalue weighted by Gasteiger charge is 2.07. The Morgan fingerprint density at radius 3 is 2.86 bits per heavy atom. The van der Waals surface area contributed by atoms with Crippen LogP contribution in [0.1, 0.15) is 18.0 Å². The first-order valence-corrected chi connectivity index (χ1v) is 4.52. The highest BCUT2D eigenvalue weighted by molar-refractivity contribution is 6.30. The number of nitriles is 1. The third-order valence-electron chi connectivity index (χ3n) is 1.87. The molecular weight excluding hydrogens is 200 g/mol. The highest BCUT2D eigenvalue weighted by Crippen LogP contribution is 2.24. The Morgan fingerprint density at radius 1 is 1.57 bits per heavy atom. The van der Waals surface area contributed by atoms with Crippen LogP contribution in [0.3, 0.4) is 0 Å². The number of rotatable bonds is 3. The number of nitrogens with zero attached hydrogens (tertiary/aromatic N) is 1. The van der Waals surface area contributed by atoms with Gasteiger partial charge in [-0.05, 0) is 23.8 Å². The molecule has 0 aliphatic rings. The maximum atomic E-state index is 8.50. The van der Waals surface area contributed by atoms with Gasteiger partial charge in [0.25, 0.3) is 0 Å². The number of ether oxygens (including phenoxy) is 1. The van der Waals surface area contributed by atoms with Crippen LogP contribution in [0, 0.1) is 11.3 Å². The molecule has 0 saturated heterocycles. The van der Waals surface area contributed by atoms with E-state index in [0.717, 1.165) is 5.56 Å². The van der Waals surface area contributed by atoms with Crippen LogP contribution in [-0.2, 0) is 0 Å². The zero-order valence-corrected chi connectivity index (χ0v) is 8.58. The molecule has 0 aliphatic carbocycles. The van der Waals surface area contributed by atoms with E-state index in [2.05, 4.69) is 0 Å². The van der Waals surface area contributed by atoms with Crippen LogP contribution in [0.2, 0.25) is 5.02 Å². The highest BCUT2D eigenvalue weighted by atomic mass is 35.5. The molecule has 4 heteroatoms. The van der Waals surface area contributed by atoms with E-state index in [1.807, 2.05) is 6.07 Å². The van der Waals surface area contributed by atoms with Gasteiger partial charge in [0, 0.05) is 11.1 Å². The van der Waals surface area contributed by atoms with Gasteiger partial charge in [0.05, 0.1) is 19.6 Å². The summed E-state index contributed by atoms with van der Waals surface area (Å²) in [5.74, 6) is 0.654. The molecule has 74 valence electrons. The summed E-state index contributed by atoms with van der Waals surface area (Å²) < 4.78 is 5.04. The van der Waals surface area contributed by atoms with Crippen molar-refractivity contribution in [2.75, 3.05) is 7.11 Å². The largest absolute Gasteiger partial charge is 0.497 e. The minimum atomic E-state index is -0.312. The molecule has 14 heavy (non-hydrogen) atoms. The average molecular weight is 211 g/mol. The molecule has 0 saturated carbocycles. The van der Waals surface area contributed by atoms with Gasteiger partial charge >= 0.3 is 0 Å². The second-order valence-corrected chi connectivity index (χ2v) is 3.33. The van der Waals surface area contributed by atoms with Crippen molar-refractivity contribution in [3.05, 3.63) is 28.8 Å². The topological polar surface area (TPSA) is 59.0 Å². The molecule has 0 bridgehead atoms. The summed E-state index contributed by atoms with van der Waals surface area (Å²) in [4.78, 5) is 0. The Morgan fingerprint density at radius 2 is 2.29 bits per heavy atom. The number of benzene rings is 1. The van der Waals surface area contributed by atoms with Crippen molar-refractivity contribution in [1.29, 1.82) is 5.26 Å². The SMILES string of the molecule is COc1cc(Cl)cc([C@@H](N)CC#N)c1. The third-order valence-corrected chi connectivity index (χ3v) is 2.09. The second-order valence-electron chi connectivity index (χ2n) is 2.89. The number of hydrogen-bond donors (Lipinski definition) is 1. The van der Waals surface area contributed by atoms with Crippen molar-refractivity contribution >= 4 is 11.6 Å². The lowest BCUT2D eigenvalue weighted by Crippen LogP contribution is -2.09. The number of nitrogens with two attached hydrogens (primary N) is 1. The van der Waals surface area contributed by atoms with Crippen LogP contribution in [-0.4, -0.2) is 7.11 Å². The van der Waals surface area contributed by atoms with Crippen LogP contribution in [0.4, 0.5) is 0 Å². The smallest absolute Gasteiger partial charge is 0.120 e. The summed E-state index contributed by atoms with van der Waals surface area (Å²) in [5.41, 5.74) is 6.58. The zero-order valence-electron chi connectivity index (χ0n) is 7.83. The van der Waals surface area contributed by atoms with Crippen LogP contribution in [0.15, 0.2) is 18.2 Å². The molecule has 1 aromatic rings. The summed E-state index contributed by atoms with van der Waals surface area (Å²) in [7, 11) is 1.56. The summed E-state index contributed by atoms with van der Waals surface area (Å²) in [6, 6.07) is 6.93. The lowest BCUT2D eigenvalue weighted by atomic mass is 10.1. The van der Waals surface area contributed by atoms with E-state index in [9.17, 15) is 0 Å². The molecule has 1 aromatic carbocycles. The van der Waals surface area contributed by atoms with E-state index >= 15 is 0 Å². The third kappa shape index (κ3) is 2.63. The van der Waals surface area contributed by atoms with Gasteiger partial charge in [0.2, 0.25) is 0 Å². The first-order valence-electron chi connectivity index (χ1n) is 4.14. The van der Waals surface area contributed by atoms with Crippen molar-refractivity contribution in [1.82, 2.24) is 0 Å². The standard InChI is InChI=1S/C10H11ClN2O/c1-14-9-5-7(4-8(11)6-9)10(13)2-3-12/h4-6,10H,2,13H2,1H3/t10-/m0/s1. The van der Waals surface area contributed by atoms with Crippen molar-refractivity contribution in [2.45, 2.75) is 12.5 Å². The quantitative estimate of drug-likeness (QED) is 0.833. The average Bonchev–Trinajstić information content (AvgIpc) is 2.17. The predicted molar refractivity (Wildman–Crippen MR) is 55.2 cm³/mol. The molecule has 0 amide bonds. The van der Waals surface area contributed by atoms with Gasteiger partial charge in [0.15, 0.2) is 0 Å². The summed E-state index contributed by atoms with van der Waals surface area (Å²) in [5, 5.41) is 9.06. The maximum absolute atomic E-state index is 8.50. The van der Waals surface area contributed by atoms with Crippen molar-refractivity contribution in [3.8, 4) is 11.8 Å². The van der Waals surface area contributed by atoms with E-state index in [-0.39, 0.29) is 12.5 Å². The lowest BCUT2D eigenvalue weighted by molar-refractivity contribution is 0.414. The Labute approximate surface area is 88.0 Å². The second kappa shape index (κ2) is 4.85. The van der Waals surface area contributed by atoms with Gasteiger partial charge in [-0.2, -0.15) is 5.26 Å². The molecule has 0 radical (unpaired) electrons. The molecule has 0 fully saturated rings. The van der Waals surface area contributed by atoms with Gasteiger partial charge in [0.1, 0.15) is 5.75 Å². The first kappa shape index (κ1) is 10.8. The summed E-state index contributed by atoms with van der Waals surface area (Å²) in [6.07, 6.45) is 0.267. The van der Waals surface area contributed by atoms with Crippen LogP contribution >= 0.6 is 11.6 Å². The van der Waals surface area contributed by atoms with Gasteiger partial charge in [-0.15, -0.1) is 0 Å². The molecule has 0 spiro atoms. The molecule has 0 aromatic heterocycles. The normalized spacial score (nSPS) is 11.9. The van der Waals surface area contributed by atoms with Gasteiger partial charge in [-0.3, -0.25) is 0 Å². The maximum Gasteiger partial charge on any atom is 0.120 e.